The molecule has 1 nitrogen and oxygen atoms in total. The fourth-order valence-electron chi connectivity index (χ4n) is 2.21. The predicted octanol–water partition coefficient (Wildman–Crippen LogP) is 4.47. The van der Waals surface area contributed by atoms with Crippen LogP contribution < -0.4 is 0 Å². The first-order valence-corrected chi connectivity index (χ1v) is 6.91. The van der Waals surface area contributed by atoms with E-state index in [1.54, 1.807) is 11.8 Å². The Kier molecular flexibility index (Phi) is 2.75. The van der Waals surface area contributed by atoms with Crippen molar-refractivity contribution in [2.45, 2.75) is 24.3 Å². The van der Waals surface area contributed by atoms with Gasteiger partial charge >= 0.3 is 0 Å². The zero-order valence-corrected chi connectivity index (χ0v) is 11.4. The Labute approximate surface area is 112 Å². The number of benzene rings is 2. The third-order valence-corrected chi connectivity index (χ3v) is 4.25. The standard InChI is InChI=1S/C16H15NS/c1-16(2)13-10-6-7-11-14(13)18-15(17-16)12-8-4-3-5-9-12/h3-11H,1-2H3. The molecule has 0 spiro atoms. The highest BCUT2D eigenvalue weighted by Gasteiger charge is 2.28. The van der Waals surface area contributed by atoms with Crippen molar-refractivity contribution >= 4 is 16.8 Å². The lowest BCUT2D eigenvalue weighted by Gasteiger charge is -2.29. The number of rotatable bonds is 1. The largest absolute Gasteiger partial charge is 0.267 e. The summed E-state index contributed by atoms with van der Waals surface area (Å²) in [6, 6.07) is 18.9. The Balaban J connectivity index is 2.10. The summed E-state index contributed by atoms with van der Waals surface area (Å²) >= 11 is 1.76. The Bertz CT molecular complexity index is 600. The molecule has 0 aromatic heterocycles. The van der Waals surface area contributed by atoms with Crippen molar-refractivity contribution in [3.8, 4) is 0 Å². The average Bonchev–Trinajstić information content (AvgIpc) is 2.39. The van der Waals surface area contributed by atoms with Crippen molar-refractivity contribution in [3.05, 3.63) is 65.7 Å². The molecule has 0 N–H and O–H groups in total. The van der Waals surface area contributed by atoms with Crippen molar-refractivity contribution in [2.24, 2.45) is 4.99 Å². The van der Waals surface area contributed by atoms with Crippen LogP contribution in [0.5, 0.6) is 0 Å². The summed E-state index contributed by atoms with van der Waals surface area (Å²) in [5, 5.41) is 1.11. The highest BCUT2D eigenvalue weighted by atomic mass is 32.2. The predicted molar refractivity (Wildman–Crippen MR) is 78.3 cm³/mol. The summed E-state index contributed by atoms with van der Waals surface area (Å²) in [6.07, 6.45) is 0. The summed E-state index contributed by atoms with van der Waals surface area (Å²) in [5.74, 6) is 0. The first kappa shape index (κ1) is 11.5. The van der Waals surface area contributed by atoms with Crippen molar-refractivity contribution in [3.63, 3.8) is 0 Å². The monoisotopic (exact) mass is 253 g/mol. The summed E-state index contributed by atoms with van der Waals surface area (Å²) in [4.78, 5) is 6.22. The van der Waals surface area contributed by atoms with Gasteiger partial charge in [0.1, 0.15) is 5.04 Å². The minimum Gasteiger partial charge on any atom is -0.267 e. The maximum Gasteiger partial charge on any atom is 0.103 e. The van der Waals surface area contributed by atoms with Gasteiger partial charge in [0.05, 0.1) is 5.54 Å². The fraction of sp³-hybridized carbons (Fsp3) is 0.188. The van der Waals surface area contributed by atoms with Crippen LogP contribution >= 0.6 is 11.8 Å². The molecule has 0 atom stereocenters. The van der Waals surface area contributed by atoms with E-state index in [1.807, 2.05) is 6.07 Å². The lowest BCUT2D eigenvalue weighted by atomic mass is 9.95. The molecule has 1 aliphatic heterocycles. The SMILES string of the molecule is CC1(C)N=C(c2ccccc2)Sc2ccccc21. The molecule has 1 aliphatic rings. The van der Waals surface area contributed by atoms with Gasteiger partial charge in [-0.3, -0.25) is 4.99 Å². The van der Waals surface area contributed by atoms with Crippen molar-refractivity contribution < 1.29 is 0 Å². The summed E-state index contributed by atoms with van der Waals surface area (Å²) in [5.41, 5.74) is 2.37. The maximum atomic E-state index is 4.91. The smallest absolute Gasteiger partial charge is 0.103 e. The molecule has 0 amide bonds. The number of nitrogens with zero attached hydrogens (tertiary/aromatic N) is 1. The maximum absolute atomic E-state index is 4.91. The number of hydrogen-bond acceptors (Lipinski definition) is 2. The summed E-state index contributed by atoms with van der Waals surface area (Å²) < 4.78 is 0. The van der Waals surface area contributed by atoms with Crippen LogP contribution in [0.1, 0.15) is 25.0 Å². The molecule has 0 fully saturated rings. The second-order valence-electron chi connectivity index (χ2n) is 4.94. The molecule has 18 heavy (non-hydrogen) atoms. The quantitative estimate of drug-likeness (QED) is 0.730. The van der Waals surface area contributed by atoms with Crippen LogP contribution in [0.4, 0.5) is 0 Å². The van der Waals surface area contributed by atoms with Gasteiger partial charge in [0.2, 0.25) is 0 Å². The molecule has 0 radical (unpaired) electrons. The van der Waals surface area contributed by atoms with E-state index >= 15 is 0 Å². The zero-order chi connectivity index (χ0) is 12.6. The van der Waals surface area contributed by atoms with Gasteiger partial charge in [0.25, 0.3) is 0 Å². The van der Waals surface area contributed by atoms with E-state index in [-0.39, 0.29) is 5.54 Å². The molecule has 0 unspecified atom stereocenters. The highest BCUT2D eigenvalue weighted by Crippen LogP contribution is 2.40. The number of aliphatic imine (C=N–C) groups is 1. The van der Waals surface area contributed by atoms with Gasteiger partial charge in [-0.15, -0.1) is 0 Å². The van der Waals surface area contributed by atoms with E-state index in [2.05, 4.69) is 62.4 Å². The van der Waals surface area contributed by atoms with Crippen LogP contribution in [-0.2, 0) is 5.54 Å². The molecule has 0 bridgehead atoms. The molecular formula is C16H15NS. The molecular weight excluding hydrogens is 238 g/mol. The molecule has 3 rings (SSSR count). The minimum atomic E-state index is -0.146. The summed E-state index contributed by atoms with van der Waals surface area (Å²) in [6.45, 7) is 4.35. The lowest BCUT2D eigenvalue weighted by molar-refractivity contribution is 0.546. The molecule has 1 heterocycles. The van der Waals surface area contributed by atoms with E-state index in [9.17, 15) is 0 Å². The molecule has 0 aliphatic carbocycles. The Morgan fingerprint density at radius 3 is 2.33 bits per heavy atom. The molecule has 0 saturated carbocycles. The second kappa shape index (κ2) is 4.29. The Morgan fingerprint density at radius 1 is 0.889 bits per heavy atom. The number of thioether (sulfide) groups is 1. The van der Waals surface area contributed by atoms with Crippen LogP contribution in [0.25, 0.3) is 0 Å². The van der Waals surface area contributed by atoms with Crippen molar-refractivity contribution in [1.82, 2.24) is 0 Å². The van der Waals surface area contributed by atoms with E-state index < -0.39 is 0 Å². The second-order valence-corrected chi connectivity index (χ2v) is 5.97. The van der Waals surface area contributed by atoms with Crippen LogP contribution in [0.2, 0.25) is 0 Å². The van der Waals surface area contributed by atoms with Gasteiger partial charge in [-0.05, 0) is 25.5 Å². The van der Waals surface area contributed by atoms with Gasteiger partial charge in [0, 0.05) is 10.5 Å². The van der Waals surface area contributed by atoms with Crippen molar-refractivity contribution in [2.75, 3.05) is 0 Å². The van der Waals surface area contributed by atoms with Gasteiger partial charge in [0.15, 0.2) is 0 Å². The molecule has 90 valence electrons. The van der Waals surface area contributed by atoms with E-state index in [0.717, 1.165) is 5.04 Å². The van der Waals surface area contributed by atoms with Crippen LogP contribution in [0.15, 0.2) is 64.5 Å². The van der Waals surface area contributed by atoms with Crippen LogP contribution in [-0.4, -0.2) is 5.04 Å². The molecule has 2 heteroatoms. The van der Waals surface area contributed by atoms with Crippen molar-refractivity contribution in [1.29, 1.82) is 0 Å². The minimum absolute atomic E-state index is 0.146. The lowest BCUT2D eigenvalue weighted by Crippen LogP contribution is -2.21. The normalized spacial score (nSPS) is 16.9. The zero-order valence-electron chi connectivity index (χ0n) is 10.6. The molecule has 2 aromatic carbocycles. The first-order valence-electron chi connectivity index (χ1n) is 6.09. The van der Waals surface area contributed by atoms with Gasteiger partial charge in [-0.1, -0.05) is 60.3 Å². The molecule has 2 aromatic rings. The average molecular weight is 253 g/mol. The van der Waals surface area contributed by atoms with Gasteiger partial charge in [-0.2, -0.15) is 0 Å². The van der Waals surface area contributed by atoms with Gasteiger partial charge < -0.3 is 0 Å². The Hall–Kier alpha value is -1.54. The highest BCUT2D eigenvalue weighted by molar-refractivity contribution is 8.14. The third kappa shape index (κ3) is 1.97. The van der Waals surface area contributed by atoms with E-state index in [4.69, 9.17) is 4.99 Å². The third-order valence-electron chi connectivity index (χ3n) is 3.15. The topological polar surface area (TPSA) is 12.4 Å². The first-order chi connectivity index (χ1) is 8.67. The van der Waals surface area contributed by atoms with Crippen LogP contribution in [0, 0.1) is 0 Å². The number of hydrogen-bond donors (Lipinski definition) is 0. The van der Waals surface area contributed by atoms with E-state index in [0.29, 0.717) is 0 Å². The van der Waals surface area contributed by atoms with E-state index in [1.165, 1.54) is 16.0 Å². The van der Waals surface area contributed by atoms with Gasteiger partial charge in [-0.25, -0.2) is 0 Å². The number of fused-ring (bicyclic) bond motifs is 1. The summed E-state index contributed by atoms with van der Waals surface area (Å²) in [7, 11) is 0. The Morgan fingerprint density at radius 2 is 1.56 bits per heavy atom. The molecule has 0 saturated heterocycles. The van der Waals surface area contributed by atoms with Crippen LogP contribution in [0.3, 0.4) is 0 Å². The fourth-order valence-corrected chi connectivity index (χ4v) is 3.52.